The molecule has 0 radical (unpaired) electrons. The Morgan fingerprint density at radius 1 is 1.21 bits per heavy atom. The van der Waals surface area contributed by atoms with Crippen molar-refractivity contribution in [1.82, 2.24) is 14.9 Å². The van der Waals surface area contributed by atoms with Crippen LogP contribution in [0.15, 0.2) is 30.5 Å². The number of fused-ring (bicyclic) bond motifs is 3. The normalized spacial score (nSPS) is 18.1. The highest BCUT2D eigenvalue weighted by Crippen LogP contribution is 2.33. The van der Waals surface area contributed by atoms with Gasteiger partial charge in [-0.25, -0.2) is 14.4 Å². The van der Waals surface area contributed by atoms with Crippen LogP contribution in [0.5, 0.6) is 5.75 Å². The van der Waals surface area contributed by atoms with E-state index in [2.05, 4.69) is 14.7 Å². The average Bonchev–Trinajstić information content (AvgIpc) is 3.31. The first-order chi connectivity index (χ1) is 15.9. The van der Waals surface area contributed by atoms with Gasteiger partial charge in [0.25, 0.3) is 5.91 Å². The van der Waals surface area contributed by atoms with Crippen LogP contribution in [0.2, 0.25) is 0 Å². The maximum atomic E-state index is 14.3. The number of hydrogen-bond acceptors (Lipinski definition) is 7. The first-order valence-electron chi connectivity index (χ1n) is 10.2. The molecule has 1 aromatic carbocycles. The fourth-order valence-corrected chi connectivity index (χ4v) is 4.18. The number of rotatable bonds is 4. The summed E-state index contributed by atoms with van der Waals surface area (Å²) in [6, 6.07) is 4.65. The van der Waals surface area contributed by atoms with E-state index in [9.17, 15) is 18.0 Å². The Balaban J connectivity index is 1.47. The molecule has 0 spiro atoms. The quantitative estimate of drug-likeness (QED) is 0.638. The van der Waals surface area contributed by atoms with Gasteiger partial charge >= 0.3 is 6.61 Å². The second-order valence-corrected chi connectivity index (χ2v) is 7.69. The molecule has 4 heterocycles. The molecule has 1 amide bonds. The number of carbonyl (C=O) groups excluding carboxylic acids is 1. The van der Waals surface area contributed by atoms with Crippen molar-refractivity contribution in [2.24, 2.45) is 0 Å². The number of nitrogens with zero attached hydrogens (tertiary/aromatic N) is 3. The maximum absolute atomic E-state index is 14.3. The molecule has 1 saturated heterocycles. The number of anilines is 1. The van der Waals surface area contributed by atoms with Crippen LogP contribution >= 0.6 is 0 Å². The number of nitrogen functional groups attached to an aromatic ring is 1. The molecular formula is C22H19F3N4O4. The topological polar surface area (TPSA) is 99.8 Å². The van der Waals surface area contributed by atoms with Gasteiger partial charge < -0.3 is 24.8 Å². The number of alkyl halides is 2. The predicted molar refractivity (Wildman–Crippen MR) is 110 cm³/mol. The van der Waals surface area contributed by atoms with E-state index in [1.54, 1.807) is 6.07 Å². The lowest BCUT2D eigenvalue weighted by Crippen LogP contribution is -2.43. The molecule has 5 rings (SSSR count). The number of ether oxygens (including phenoxy) is 3. The highest BCUT2D eigenvalue weighted by atomic mass is 19.3. The Morgan fingerprint density at radius 3 is 2.82 bits per heavy atom. The Morgan fingerprint density at radius 2 is 2.03 bits per heavy atom. The van der Waals surface area contributed by atoms with Crippen molar-refractivity contribution in [3.63, 3.8) is 0 Å². The third-order valence-electron chi connectivity index (χ3n) is 5.78. The van der Waals surface area contributed by atoms with Crippen LogP contribution in [-0.4, -0.2) is 47.1 Å². The third kappa shape index (κ3) is 3.93. The highest BCUT2D eigenvalue weighted by molar-refractivity contribution is 5.97. The van der Waals surface area contributed by atoms with Gasteiger partial charge in [-0.1, -0.05) is 6.07 Å². The average molecular weight is 460 g/mol. The summed E-state index contributed by atoms with van der Waals surface area (Å²) in [5, 5.41) is 0.736. The molecule has 1 fully saturated rings. The number of benzene rings is 1. The van der Waals surface area contributed by atoms with E-state index >= 15 is 0 Å². The second-order valence-electron chi connectivity index (χ2n) is 7.69. The van der Waals surface area contributed by atoms with E-state index in [0.717, 1.165) is 28.6 Å². The molecule has 33 heavy (non-hydrogen) atoms. The lowest BCUT2D eigenvalue weighted by molar-refractivity contribution is -0.0522. The lowest BCUT2D eigenvalue weighted by Gasteiger charge is -2.35. The molecule has 2 N–H and O–H groups in total. The Bertz CT molecular complexity index is 1240. The molecule has 3 aromatic rings. The molecule has 2 aliphatic heterocycles. The number of nitrogens with two attached hydrogens (primary N) is 1. The minimum absolute atomic E-state index is 0.120. The van der Waals surface area contributed by atoms with E-state index in [-0.39, 0.29) is 24.8 Å². The van der Waals surface area contributed by atoms with Gasteiger partial charge in [-0.2, -0.15) is 8.78 Å². The molecule has 2 aromatic heterocycles. The molecule has 0 bridgehead atoms. The number of halogens is 3. The van der Waals surface area contributed by atoms with Crippen molar-refractivity contribution in [3.8, 4) is 5.75 Å². The summed E-state index contributed by atoms with van der Waals surface area (Å²) >= 11 is 0. The fourth-order valence-electron chi connectivity index (χ4n) is 4.18. The largest absolute Gasteiger partial charge is 0.432 e. The number of morpholine rings is 1. The zero-order chi connectivity index (χ0) is 23.1. The van der Waals surface area contributed by atoms with E-state index in [4.69, 9.17) is 15.2 Å². The summed E-state index contributed by atoms with van der Waals surface area (Å²) in [6.07, 6.45) is 1.49. The van der Waals surface area contributed by atoms with Crippen LogP contribution in [0.4, 0.5) is 19.0 Å². The molecule has 172 valence electrons. The zero-order valence-electron chi connectivity index (χ0n) is 17.3. The SMILES string of the molecule is Nc1nc2cnc(C(=O)N3CCOC[C@H]3c3ccc(OC(F)F)c(F)c3)cc2c2c1COC2. The summed E-state index contributed by atoms with van der Waals surface area (Å²) in [6.45, 7) is -1.75. The van der Waals surface area contributed by atoms with Gasteiger partial charge in [0.05, 0.1) is 44.2 Å². The van der Waals surface area contributed by atoms with Gasteiger partial charge in [-0.3, -0.25) is 4.79 Å². The van der Waals surface area contributed by atoms with Crippen LogP contribution in [0.25, 0.3) is 10.9 Å². The van der Waals surface area contributed by atoms with Gasteiger partial charge in [0.1, 0.15) is 11.5 Å². The van der Waals surface area contributed by atoms with Crippen molar-refractivity contribution < 1.29 is 32.2 Å². The predicted octanol–water partition coefficient (Wildman–Crippen LogP) is 3.20. The first kappa shape index (κ1) is 21.4. The van der Waals surface area contributed by atoms with E-state index in [0.29, 0.717) is 36.7 Å². The first-order valence-corrected chi connectivity index (χ1v) is 10.2. The summed E-state index contributed by atoms with van der Waals surface area (Å²) < 4.78 is 54.3. The minimum Gasteiger partial charge on any atom is -0.432 e. The Kier molecular flexibility index (Phi) is 5.51. The van der Waals surface area contributed by atoms with Crippen molar-refractivity contribution in [2.75, 3.05) is 25.5 Å². The van der Waals surface area contributed by atoms with Crippen LogP contribution in [0.1, 0.15) is 33.2 Å². The highest BCUT2D eigenvalue weighted by Gasteiger charge is 2.31. The second kappa shape index (κ2) is 8.49. The molecule has 2 aliphatic rings. The molecule has 0 aliphatic carbocycles. The minimum atomic E-state index is -3.14. The zero-order valence-corrected chi connectivity index (χ0v) is 17.3. The van der Waals surface area contributed by atoms with Crippen LogP contribution in [0, 0.1) is 5.82 Å². The lowest BCUT2D eigenvalue weighted by atomic mass is 10.0. The molecule has 11 heteroatoms. The molecule has 0 unspecified atom stereocenters. The van der Waals surface area contributed by atoms with Crippen molar-refractivity contribution in [1.29, 1.82) is 0 Å². The maximum Gasteiger partial charge on any atom is 0.387 e. The van der Waals surface area contributed by atoms with Gasteiger partial charge in [0.15, 0.2) is 11.6 Å². The van der Waals surface area contributed by atoms with Crippen LogP contribution in [-0.2, 0) is 22.7 Å². The smallest absolute Gasteiger partial charge is 0.387 e. The molecule has 8 nitrogen and oxygen atoms in total. The van der Waals surface area contributed by atoms with Gasteiger partial charge in [0.2, 0.25) is 0 Å². The molecular weight excluding hydrogens is 441 g/mol. The number of amides is 1. The van der Waals surface area contributed by atoms with E-state index in [1.165, 1.54) is 17.2 Å². The monoisotopic (exact) mass is 460 g/mol. The van der Waals surface area contributed by atoms with Gasteiger partial charge in [0, 0.05) is 17.5 Å². The fraction of sp³-hybridized carbons (Fsp3) is 0.318. The summed E-state index contributed by atoms with van der Waals surface area (Å²) in [4.78, 5) is 23.6. The van der Waals surface area contributed by atoms with Gasteiger partial charge in [-0.15, -0.1) is 0 Å². The molecule has 1 atom stereocenters. The Hall–Kier alpha value is -3.44. The third-order valence-corrected chi connectivity index (χ3v) is 5.78. The van der Waals surface area contributed by atoms with Crippen LogP contribution < -0.4 is 10.5 Å². The van der Waals surface area contributed by atoms with E-state index < -0.39 is 24.2 Å². The standard InChI is InChI=1S/C22H19F3N4O4/c23-15-5-11(1-2-19(15)33-22(24)25)18-10-31-4-3-29(18)21(30)16-6-12-13-8-32-9-14(13)20(26)28-17(12)7-27-16/h1-2,5-7,18,22H,3-4,8-10H2,(H2,26,28)/t18-/m0/s1. The number of carbonyl (C=O) groups is 1. The summed E-state index contributed by atoms with van der Waals surface area (Å²) in [7, 11) is 0. The number of hydrogen-bond donors (Lipinski definition) is 1. The van der Waals surface area contributed by atoms with Crippen molar-refractivity contribution >= 4 is 22.6 Å². The number of aromatic nitrogens is 2. The van der Waals surface area contributed by atoms with Crippen LogP contribution in [0.3, 0.4) is 0 Å². The summed E-state index contributed by atoms with van der Waals surface area (Å²) in [5.74, 6) is -1.51. The van der Waals surface area contributed by atoms with Crippen molar-refractivity contribution in [3.05, 3.63) is 58.7 Å². The number of pyridine rings is 2. The van der Waals surface area contributed by atoms with E-state index in [1.807, 2.05) is 0 Å². The summed E-state index contributed by atoms with van der Waals surface area (Å²) in [5.41, 5.74) is 8.82. The van der Waals surface area contributed by atoms with Crippen molar-refractivity contribution in [2.45, 2.75) is 25.9 Å². The van der Waals surface area contributed by atoms with Gasteiger partial charge in [-0.05, 0) is 29.3 Å². The Labute approximate surface area is 186 Å². The molecule has 0 saturated carbocycles.